The first-order valence-electron chi connectivity index (χ1n) is 7.95. The lowest BCUT2D eigenvalue weighted by Crippen LogP contribution is -2.37. The molecule has 12 heteroatoms. The second kappa shape index (κ2) is 8.14. The summed E-state index contributed by atoms with van der Waals surface area (Å²) in [5.41, 5.74) is 0. The van der Waals surface area contributed by atoms with Crippen LogP contribution < -0.4 is 14.7 Å². The molecule has 10 nitrogen and oxygen atoms in total. The molecule has 0 aliphatic carbocycles. The number of anilines is 3. The molecule has 1 aliphatic heterocycles. The van der Waals surface area contributed by atoms with E-state index in [0.717, 1.165) is 13.1 Å². The number of hydrogen-bond acceptors (Lipinski definition) is 11. The summed E-state index contributed by atoms with van der Waals surface area (Å²) < 4.78 is 5.40. The van der Waals surface area contributed by atoms with Crippen LogP contribution in [0.5, 0.6) is 0 Å². The Morgan fingerprint density at radius 3 is 2.04 bits per heavy atom. The van der Waals surface area contributed by atoms with Gasteiger partial charge in [0.15, 0.2) is 0 Å². The first-order chi connectivity index (χ1) is 12.4. The molecule has 0 amide bonds. The molecule has 0 N–H and O–H groups in total. The van der Waals surface area contributed by atoms with Gasteiger partial charge < -0.3 is 19.4 Å². The van der Waals surface area contributed by atoms with Crippen LogP contribution in [-0.2, 0) is 4.74 Å². The Morgan fingerprint density at radius 2 is 1.42 bits per heavy atom. The molecule has 0 spiro atoms. The highest BCUT2D eigenvalue weighted by Gasteiger charge is 2.19. The van der Waals surface area contributed by atoms with Gasteiger partial charge in [0, 0.05) is 41.3 Å². The van der Waals surface area contributed by atoms with Crippen molar-refractivity contribution in [2.45, 2.75) is 10.3 Å². The number of ether oxygens (including phenoxy) is 1. The van der Waals surface area contributed by atoms with Gasteiger partial charge in [-0.3, -0.25) is 0 Å². The summed E-state index contributed by atoms with van der Waals surface area (Å²) in [5.74, 6) is 1.65. The maximum atomic E-state index is 6.01. The van der Waals surface area contributed by atoms with E-state index in [1.165, 1.54) is 11.8 Å². The van der Waals surface area contributed by atoms with Gasteiger partial charge in [-0.15, -0.1) is 0 Å². The Balaban J connectivity index is 1.92. The summed E-state index contributed by atoms with van der Waals surface area (Å²) in [5, 5.41) is 1.05. The maximum absolute atomic E-state index is 6.01. The monoisotopic (exact) mass is 397 g/mol. The Labute approximate surface area is 161 Å². The van der Waals surface area contributed by atoms with Crippen molar-refractivity contribution in [1.82, 2.24) is 29.9 Å². The fourth-order valence-corrected chi connectivity index (χ4v) is 3.02. The predicted molar refractivity (Wildman–Crippen MR) is 100 cm³/mol. The molecule has 0 saturated carbocycles. The van der Waals surface area contributed by atoms with Gasteiger partial charge in [0.2, 0.25) is 33.4 Å². The van der Waals surface area contributed by atoms with Crippen molar-refractivity contribution in [3.8, 4) is 0 Å². The van der Waals surface area contributed by atoms with Crippen molar-refractivity contribution in [1.29, 1.82) is 0 Å². The summed E-state index contributed by atoms with van der Waals surface area (Å²) in [6, 6.07) is 0. The van der Waals surface area contributed by atoms with E-state index in [1.807, 2.05) is 33.1 Å². The normalized spacial score (nSPS) is 14.4. The van der Waals surface area contributed by atoms with Crippen LogP contribution in [0.2, 0.25) is 5.28 Å². The molecule has 3 heterocycles. The van der Waals surface area contributed by atoms with E-state index in [1.54, 1.807) is 4.90 Å². The fourth-order valence-electron chi connectivity index (χ4n) is 2.14. The van der Waals surface area contributed by atoms with Crippen molar-refractivity contribution in [3.63, 3.8) is 0 Å². The van der Waals surface area contributed by atoms with Crippen LogP contribution in [0, 0.1) is 0 Å². The molecule has 26 heavy (non-hydrogen) atoms. The smallest absolute Gasteiger partial charge is 0.231 e. The standard InChI is InChI=1S/C14H20ClN9OS/c1-22(2)10-16-9(15)17-13(19-10)26-14-20-11(23(3)4)18-12(21-14)24-5-7-25-8-6-24/h5-8H2,1-4H3. The average molecular weight is 398 g/mol. The van der Waals surface area contributed by atoms with Gasteiger partial charge in [0.25, 0.3) is 0 Å². The fraction of sp³-hybridized carbons (Fsp3) is 0.571. The van der Waals surface area contributed by atoms with Crippen molar-refractivity contribution in [2.24, 2.45) is 0 Å². The summed E-state index contributed by atoms with van der Waals surface area (Å²) in [6.45, 7) is 2.79. The molecular weight excluding hydrogens is 378 g/mol. The summed E-state index contributed by atoms with van der Waals surface area (Å²) in [6.07, 6.45) is 0. The molecule has 140 valence electrons. The van der Waals surface area contributed by atoms with E-state index >= 15 is 0 Å². The molecule has 2 aromatic rings. The van der Waals surface area contributed by atoms with Crippen molar-refractivity contribution < 1.29 is 4.74 Å². The zero-order chi connectivity index (χ0) is 18.7. The highest BCUT2D eigenvalue weighted by molar-refractivity contribution is 7.99. The number of aromatic nitrogens is 6. The second-order valence-electron chi connectivity index (χ2n) is 5.90. The van der Waals surface area contributed by atoms with Gasteiger partial charge in [-0.1, -0.05) is 0 Å². The van der Waals surface area contributed by atoms with Crippen molar-refractivity contribution >= 4 is 41.2 Å². The third-order valence-electron chi connectivity index (χ3n) is 3.44. The second-order valence-corrected chi connectivity index (χ2v) is 7.17. The van der Waals surface area contributed by atoms with Gasteiger partial charge in [0.1, 0.15) is 0 Å². The largest absolute Gasteiger partial charge is 0.378 e. The van der Waals surface area contributed by atoms with Gasteiger partial charge >= 0.3 is 0 Å². The Morgan fingerprint density at radius 1 is 0.846 bits per heavy atom. The number of halogens is 1. The third-order valence-corrected chi connectivity index (χ3v) is 4.34. The van der Waals surface area contributed by atoms with Crippen LogP contribution in [0.4, 0.5) is 17.8 Å². The molecule has 0 radical (unpaired) electrons. The number of morpholine rings is 1. The molecule has 0 bridgehead atoms. The summed E-state index contributed by atoms with van der Waals surface area (Å²) in [7, 11) is 7.45. The molecule has 1 fully saturated rings. The zero-order valence-electron chi connectivity index (χ0n) is 15.0. The minimum atomic E-state index is 0.126. The average Bonchev–Trinajstić information content (AvgIpc) is 2.61. The highest BCUT2D eigenvalue weighted by Crippen LogP contribution is 2.26. The highest BCUT2D eigenvalue weighted by atomic mass is 35.5. The SMILES string of the molecule is CN(C)c1nc(Cl)nc(Sc2nc(N(C)C)nc(N3CCOCC3)n2)n1. The van der Waals surface area contributed by atoms with E-state index in [0.29, 0.717) is 41.4 Å². The summed E-state index contributed by atoms with van der Waals surface area (Å²) >= 11 is 7.23. The number of hydrogen-bond donors (Lipinski definition) is 0. The van der Waals surface area contributed by atoms with Crippen LogP contribution in [0.15, 0.2) is 10.3 Å². The molecule has 2 aromatic heterocycles. The third kappa shape index (κ3) is 4.59. The van der Waals surface area contributed by atoms with E-state index in [2.05, 4.69) is 34.8 Å². The quantitative estimate of drug-likeness (QED) is 0.717. The lowest BCUT2D eigenvalue weighted by atomic mass is 10.4. The van der Waals surface area contributed by atoms with Gasteiger partial charge in [-0.25, -0.2) is 0 Å². The van der Waals surface area contributed by atoms with Crippen molar-refractivity contribution in [3.05, 3.63) is 5.28 Å². The van der Waals surface area contributed by atoms with Crippen LogP contribution in [-0.4, -0.2) is 84.4 Å². The Bertz CT molecular complexity index is 770. The summed E-state index contributed by atoms with van der Waals surface area (Å²) in [4.78, 5) is 31.9. The first-order valence-corrected chi connectivity index (χ1v) is 9.14. The first kappa shape index (κ1) is 18.8. The lowest BCUT2D eigenvalue weighted by Gasteiger charge is -2.27. The molecular formula is C14H20ClN9OS. The molecule has 3 rings (SSSR count). The van der Waals surface area contributed by atoms with Crippen LogP contribution >= 0.6 is 23.4 Å². The predicted octanol–water partition coefficient (Wildman–Crippen LogP) is 0.830. The lowest BCUT2D eigenvalue weighted by molar-refractivity contribution is 0.122. The molecule has 1 aliphatic rings. The van der Waals surface area contributed by atoms with Crippen LogP contribution in [0.1, 0.15) is 0 Å². The Hall–Kier alpha value is -1.98. The number of nitrogens with zero attached hydrogens (tertiary/aromatic N) is 9. The molecule has 0 unspecified atom stereocenters. The maximum Gasteiger partial charge on any atom is 0.231 e. The Kier molecular flexibility index (Phi) is 5.89. The minimum absolute atomic E-state index is 0.126. The van der Waals surface area contributed by atoms with Crippen molar-refractivity contribution in [2.75, 3.05) is 69.2 Å². The molecule has 1 saturated heterocycles. The minimum Gasteiger partial charge on any atom is -0.378 e. The van der Waals surface area contributed by atoms with Gasteiger partial charge in [0.05, 0.1) is 13.2 Å². The van der Waals surface area contributed by atoms with Crippen LogP contribution in [0.25, 0.3) is 0 Å². The van der Waals surface area contributed by atoms with E-state index in [9.17, 15) is 0 Å². The number of rotatable bonds is 5. The van der Waals surface area contributed by atoms with Gasteiger partial charge in [-0.05, 0) is 23.4 Å². The zero-order valence-corrected chi connectivity index (χ0v) is 16.6. The van der Waals surface area contributed by atoms with Gasteiger partial charge in [-0.2, -0.15) is 29.9 Å². The van der Waals surface area contributed by atoms with Crippen LogP contribution in [0.3, 0.4) is 0 Å². The molecule has 0 atom stereocenters. The topological polar surface area (TPSA) is 96.3 Å². The van der Waals surface area contributed by atoms with E-state index in [4.69, 9.17) is 16.3 Å². The molecule has 0 aromatic carbocycles. The van der Waals surface area contributed by atoms with E-state index < -0.39 is 0 Å². The van der Waals surface area contributed by atoms with E-state index in [-0.39, 0.29) is 5.28 Å².